The van der Waals surface area contributed by atoms with Gasteiger partial charge in [-0.25, -0.2) is 18.7 Å². The van der Waals surface area contributed by atoms with Crippen molar-refractivity contribution in [1.29, 1.82) is 0 Å². The van der Waals surface area contributed by atoms with Gasteiger partial charge < -0.3 is 89.7 Å². The molecule has 2 fully saturated rings. The van der Waals surface area contributed by atoms with Crippen molar-refractivity contribution in [2.24, 2.45) is 0 Å². The molecule has 8 amide bonds. The number of nitro benzene ring substituents is 1. The normalized spacial score (nSPS) is 15.1. The second kappa shape index (κ2) is 45.6. The van der Waals surface area contributed by atoms with Crippen LogP contribution >= 0.6 is 19.4 Å². The summed E-state index contributed by atoms with van der Waals surface area (Å²) in [5.74, 6) is -1.50. The first-order valence-electron chi connectivity index (χ1n) is 37.9. The third-order valence-electron chi connectivity index (χ3n) is 18.5. The van der Waals surface area contributed by atoms with Gasteiger partial charge in [0.25, 0.3) is 11.6 Å². The number of carboxylic acids is 1. The smallest absolute Gasteiger partial charge is 0.407 e. The SMILES string of the molecule is CCOP(=O)(CCOCCOCCOCCOC(=O)NCc1cn(CCCCCNC(=O)CCC(=O)N[C@@H](CCCCNC(=O)CCCCC[C@@H]2SC[C@@H]3NC(=O)N[C@@H]32)C(=O)NCCCCCNC(=O)c2ccc(-c3c4ccc(=[N+](C)C)cc-4oc4cc(N(C)C)ccc34)c(C(=O)[O-])c2)nn1)Oc1ccc([N+](=O)[O-])cc1. The van der Waals surface area contributed by atoms with Crippen molar-refractivity contribution in [3.63, 3.8) is 0 Å². The molecule has 4 aliphatic rings. The average Bonchev–Trinajstić information content (AvgIpc) is 1.49. The maximum absolute atomic E-state index is 13.7. The Morgan fingerprint density at radius 2 is 1.40 bits per heavy atom. The van der Waals surface area contributed by atoms with Crippen molar-refractivity contribution in [1.82, 2.24) is 62.1 Å². The van der Waals surface area contributed by atoms with Gasteiger partial charge >= 0.3 is 19.7 Å². The van der Waals surface area contributed by atoms with Gasteiger partial charge in [-0.15, -0.1) is 5.10 Å². The number of anilines is 1. The molecule has 1 aromatic heterocycles. The molecule has 8 N–H and O–H groups in total. The lowest BCUT2D eigenvalue weighted by Crippen LogP contribution is -2.47. The fraction of sp³-hybridized carbons (Fsp3) is 0.539. The monoisotopic (exact) mass is 1580 g/mol. The van der Waals surface area contributed by atoms with E-state index in [-0.39, 0.29) is 156 Å². The van der Waals surface area contributed by atoms with E-state index in [9.17, 15) is 58.1 Å². The van der Waals surface area contributed by atoms with Crippen molar-refractivity contribution in [3.05, 3.63) is 117 Å². The Kier molecular flexibility index (Phi) is 35.7. The highest BCUT2D eigenvalue weighted by Gasteiger charge is 2.42. The predicted octanol–water partition coefficient (Wildman–Crippen LogP) is 6.42. The molecule has 33 nitrogen and oxygen atoms in total. The minimum absolute atomic E-state index is 0.000337. The molecule has 604 valence electrons. The van der Waals surface area contributed by atoms with Crippen LogP contribution in [0.5, 0.6) is 5.75 Å². The van der Waals surface area contributed by atoms with Crippen molar-refractivity contribution in [2.45, 2.75) is 146 Å². The number of fused-ring (bicyclic) bond motifs is 3. The van der Waals surface area contributed by atoms with Crippen molar-refractivity contribution < 1.29 is 85.4 Å². The summed E-state index contributed by atoms with van der Waals surface area (Å²) < 4.78 is 55.6. The molecular weight excluding hydrogens is 1480 g/mol. The van der Waals surface area contributed by atoms with Crippen LogP contribution in [0.4, 0.5) is 21.0 Å². The Labute approximate surface area is 649 Å². The summed E-state index contributed by atoms with van der Waals surface area (Å²) in [4.78, 5) is 115. The van der Waals surface area contributed by atoms with Crippen molar-refractivity contribution in [2.75, 3.05) is 124 Å². The van der Waals surface area contributed by atoms with Crippen molar-refractivity contribution in [3.8, 4) is 28.2 Å². The van der Waals surface area contributed by atoms with Crippen LogP contribution in [-0.2, 0) is 60.3 Å². The molecule has 1 aliphatic carbocycles. The number of carbonyl (C=O) groups excluding carboxylic acids is 8. The van der Waals surface area contributed by atoms with Gasteiger partial charge in [-0.2, -0.15) is 11.8 Å². The largest absolute Gasteiger partial charge is 0.545 e. The fourth-order valence-electron chi connectivity index (χ4n) is 12.5. The number of aromatic nitrogens is 3. The van der Waals surface area contributed by atoms with Crippen LogP contribution in [0, 0.1) is 10.1 Å². The summed E-state index contributed by atoms with van der Waals surface area (Å²) in [7, 11) is 4.11. The second-order valence-corrected chi connectivity index (χ2v) is 30.7. The van der Waals surface area contributed by atoms with E-state index < -0.39 is 42.4 Å². The van der Waals surface area contributed by atoms with E-state index in [4.69, 9.17) is 32.4 Å². The minimum Gasteiger partial charge on any atom is -0.545 e. The van der Waals surface area contributed by atoms with Gasteiger partial charge in [0.1, 0.15) is 49.5 Å². The van der Waals surface area contributed by atoms with Gasteiger partial charge in [0.2, 0.25) is 29.0 Å². The van der Waals surface area contributed by atoms with E-state index >= 15 is 0 Å². The van der Waals surface area contributed by atoms with Gasteiger partial charge in [0, 0.05) is 135 Å². The highest BCUT2D eigenvalue weighted by molar-refractivity contribution is 8.00. The number of urea groups is 1. The average molecular weight is 1580 g/mol. The Morgan fingerprint density at radius 3 is 2.11 bits per heavy atom. The number of thioether (sulfide) groups is 1. The molecule has 111 heavy (non-hydrogen) atoms. The summed E-state index contributed by atoms with van der Waals surface area (Å²) in [6.07, 6.45) is 9.96. The number of non-ortho nitro benzene ring substituents is 1. The first-order chi connectivity index (χ1) is 53.6. The minimum atomic E-state index is -3.57. The van der Waals surface area contributed by atoms with E-state index in [1.54, 1.807) is 29.9 Å². The van der Waals surface area contributed by atoms with Crippen LogP contribution in [0.2, 0.25) is 0 Å². The molecule has 0 spiro atoms. The number of amides is 8. The highest BCUT2D eigenvalue weighted by atomic mass is 32.2. The number of carboxylic acid groups (broad SMARTS) is 1. The summed E-state index contributed by atoms with van der Waals surface area (Å²) in [5.41, 5.74) is 3.53. The topological polar surface area (TPSA) is 422 Å². The Bertz CT molecular complexity index is 4180. The number of nitrogens with one attached hydrogen (secondary N) is 8. The first-order valence-corrected chi connectivity index (χ1v) is 40.7. The van der Waals surface area contributed by atoms with E-state index in [0.717, 1.165) is 55.3 Å². The van der Waals surface area contributed by atoms with Crippen molar-refractivity contribution >= 4 is 89.3 Å². The standard InChI is InChI=1S/C76H105N14O19PS/c1-6-107-110(102,109-57-26-22-54(23-27-57)90(100)101)45-44-105-41-40-103-38-39-104-42-43-106-76(99)81-49-53-50-89(86-85-53)37-17-9-15-33-78-68(92)31-32-69(93)82-62(18-12-16-34-77-67(91)20-11-7-10-19-66-71-63(51-111-66)83-75(98)84-71)73(95)80-36-14-8-13-35-79-72(94)52-21-28-58(61(46-52)74(96)97)70-59-29-24-55(87(2)3)47-64(59)108-65-48-56(88(4)5)25-30-60(65)70/h21-30,46-48,50,62-63,66,71H,6-20,31-45,49,51H2,1-5H3,(H8-,77,78,79,80,81,82,83,84,91,92,93,94,95,96,97,98,99)/t62-,63-,66-,71-,110?/m0/s1. The van der Waals surface area contributed by atoms with Gasteiger partial charge in [-0.1, -0.05) is 24.1 Å². The lowest BCUT2D eigenvalue weighted by Gasteiger charge is -2.20. The number of hydrogen-bond donors (Lipinski definition) is 8. The summed E-state index contributed by atoms with van der Waals surface area (Å²) in [5, 5.41) is 57.1. The zero-order valence-corrected chi connectivity index (χ0v) is 65.5. The third kappa shape index (κ3) is 28.8. The van der Waals surface area contributed by atoms with E-state index in [0.29, 0.717) is 109 Å². The predicted molar refractivity (Wildman–Crippen MR) is 415 cm³/mol. The van der Waals surface area contributed by atoms with E-state index in [1.807, 2.05) is 85.8 Å². The first kappa shape index (κ1) is 86.9. The van der Waals surface area contributed by atoms with Gasteiger partial charge in [-0.3, -0.25) is 38.8 Å². The van der Waals surface area contributed by atoms with Crippen LogP contribution in [0.1, 0.15) is 136 Å². The number of nitrogens with zero attached hydrogens (tertiary/aromatic N) is 6. The van der Waals surface area contributed by atoms with E-state index in [1.165, 1.54) is 30.3 Å². The maximum atomic E-state index is 13.7. The molecule has 0 radical (unpaired) electrons. The number of rotatable bonds is 51. The van der Waals surface area contributed by atoms with Crippen LogP contribution in [0.25, 0.3) is 33.4 Å². The molecule has 1 unspecified atom stereocenters. The van der Waals surface area contributed by atoms with Crippen LogP contribution in [-0.4, -0.2) is 210 Å². The quantitative estimate of drug-likeness (QED) is 0.00388. The molecule has 3 aliphatic heterocycles. The zero-order chi connectivity index (χ0) is 79.5. The molecule has 0 bridgehead atoms. The highest BCUT2D eigenvalue weighted by Crippen LogP contribution is 2.48. The summed E-state index contributed by atoms with van der Waals surface area (Å²) in [6.45, 7) is 4.91. The van der Waals surface area contributed by atoms with E-state index in [2.05, 4.69) is 52.8 Å². The summed E-state index contributed by atoms with van der Waals surface area (Å²) in [6, 6.07) is 20.5. The number of hydrogen-bond acceptors (Lipinski definition) is 23. The Morgan fingerprint density at radius 1 is 0.730 bits per heavy atom. The molecular formula is C76H105N14O19PS. The number of carbonyl (C=O) groups is 8. The molecule has 4 heterocycles. The number of aryl methyl sites for hydroxylation is 1. The molecule has 35 heteroatoms. The fourth-order valence-corrected chi connectivity index (χ4v) is 15.5. The number of ether oxygens (including phenoxy) is 4. The second-order valence-electron chi connectivity index (χ2n) is 27.3. The van der Waals surface area contributed by atoms with Gasteiger partial charge in [0.05, 0.1) is 94.2 Å². The molecule has 0 saturated carbocycles. The molecule has 3 aromatic carbocycles. The number of nitro groups is 1. The van der Waals surface area contributed by atoms with Crippen LogP contribution in [0.3, 0.4) is 0 Å². The zero-order valence-electron chi connectivity index (χ0n) is 63.8. The third-order valence-corrected chi connectivity index (χ3v) is 21.8. The van der Waals surface area contributed by atoms with Gasteiger partial charge in [0.15, 0.2) is 0 Å². The number of benzene rings is 4. The van der Waals surface area contributed by atoms with Crippen LogP contribution in [0.15, 0.2) is 89.5 Å². The Balaban J connectivity index is 0.686. The number of aromatic carboxylic acids is 1. The van der Waals surface area contributed by atoms with Gasteiger partial charge in [-0.05, 0) is 126 Å². The lowest BCUT2D eigenvalue weighted by molar-refractivity contribution is -0.384. The molecule has 2 saturated heterocycles. The number of alkyl carbamates (subject to hydrolysis) is 1. The van der Waals surface area contributed by atoms with Crippen LogP contribution < -0.4 is 67.0 Å². The molecule has 8 rings (SSSR count). The summed E-state index contributed by atoms with van der Waals surface area (Å²) >= 11 is 1.87. The number of unbranched alkanes of at least 4 members (excludes halogenated alkanes) is 7. The molecule has 4 aromatic rings. The Hall–Kier alpha value is -9.73. The lowest BCUT2D eigenvalue weighted by atomic mass is 9.89. The maximum Gasteiger partial charge on any atom is 0.407 e. The molecule has 5 atom stereocenters.